The number of ether oxygens (including phenoxy) is 1. The van der Waals surface area contributed by atoms with Crippen molar-refractivity contribution in [2.45, 2.75) is 26.4 Å². The molecule has 4 heteroatoms. The van der Waals surface area contributed by atoms with E-state index in [0.29, 0.717) is 0 Å². The predicted molar refractivity (Wildman–Crippen MR) is 67.6 cm³/mol. The summed E-state index contributed by atoms with van der Waals surface area (Å²) in [5.74, 6) is 5.81. The van der Waals surface area contributed by atoms with E-state index in [0.717, 1.165) is 32.7 Å². The first kappa shape index (κ1) is 14.0. The van der Waals surface area contributed by atoms with Crippen LogP contribution in [0.5, 0.6) is 0 Å². The van der Waals surface area contributed by atoms with Crippen LogP contribution in [0.1, 0.15) is 20.8 Å². The van der Waals surface area contributed by atoms with E-state index in [-0.39, 0.29) is 5.97 Å². The second-order valence-corrected chi connectivity index (χ2v) is 4.99. The lowest BCUT2D eigenvalue weighted by Gasteiger charge is -2.31. The largest absolute Gasteiger partial charge is 0.447 e. The summed E-state index contributed by atoms with van der Waals surface area (Å²) in [5, 5.41) is 0. The van der Waals surface area contributed by atoms with Gasteiger partial charge in [-0.25, -0.2) is 0 Å². The average Bonchev–Trinajstić information content (AvgIpc) is 2.18. The molecular formula is C13H22N2O2. The summed E-state index contributed by atoms with van der Waals surface area (Å²) in [6.45, 7) is 10.1. The standard InChI is InChI=1S/C13H22N2O2/c1-12(16)17-13(2,3)6-5-7-15-10-8-14(4)9-11-15/h7-11H2,1-4H3. The molecule has 0 bridgehead atoms. The van der Waals surface area contributed by atoms with Gasteiger partial charge >= 0.3 is 5.97 Å². The van der Waals surface area contributed by atoms with Gasteiger partial charge in [0.15, 0.2) is 5.60 Å². The van der Waals surface area contributed by atoms with Crippen LogP contribution in [-0.2, 0) is 9.53 Å². The molecule has 0 amide bonds. The Balaban J connectivity index is 2.37. The third kappa shape index (κ3) is 5.71. The third-order valence-corrected chi connectivity index (χ3v) is 2.69. The molecule has 0 aliphatic carbocycles. The Morgan fingerprint density at radius 1 is 1.29 bits per heavy atom. The zero-order valence-corrected chi connectivity index (χ0v) is 11.2. The van der Waals surface area contributed by atoms with Crippen molar-refractivity contribution < 1.29 is 9.53 Å². The van der Waals surface area contributed by atoms with Crippen molar-refractivity contribution in [3.63, 3.8) is 0 Å². The van der Waals surface area contributed by atoms with Crippen LogP contribution < -0.4 is 0 Å². The molecule has 0 saturated carbocycles. The van der Waals surface area contributed by atoms with Gasteiger partial charge < -0.3 is 9.64 Å². The van der Waals surface area contributed by atoms with Crippen molar-refractivity contribution in [1.82, 2.24) is 9.80 Å². The summed E-state index contributed by atoms with van der Waals surface area (Å²) in [6, 6.07) is 0. The van der Waals surface area contributed by atoms with E-state index in [1.54, 1.807) is 0 Å². The molecule has 1 aliphatic heterocycles. The number of hydrogen-bond acceptors (Lipinski definition) is 4. The first-order chi connectivity index (χ1) is 7.89. The number of esters is 1. The summed E-state index contributed by atoms with van der Waals surface area (Å²) < 4.78 is 5.10. The Morgan fingerprint density at radius 3 is 2.41 bits per heavy atom. The maximum atomic E-state index is 10.9. The van der Waals surface area contributed by atoms with Gasteiger partial charge in [0, 0.05) is 33.1 Å². The second kappa shape index (κ2) is 6.04. The molecule has 0 N–H and O–H groups in total. The number of nitrogens with zero attached hydrogens (tertiary/aromatic N) is 2. The van der Waals surface area contributed by atoms with Crippen LogP contribution >= 0.6 is 0 Å². The molecule has 0 radical (unpaired) electrons. The van der Waals surface area contributed by atoms with Crippen LogP contribution in [0.3, 0.4) is 0 Å². The zero-order valence-electron chi connectivity index (χ0n) is 11.2. The topological polar surface area (TPSA) is 32.8 Å². The maximum absolute atomic E-state index is 10.9. The Morgan fingerprint density at radius 2 is 1.88 bits per heavy atom. The van der Waals surface area contributed by atoms with Crippen molar-refractivity contribution in [1.29, 1.82) is 0 Å². The number of rotatable bonds is 2. The van der Waals surface area contributed by atoms with E-state index in [1.807, 2.05) is 13.8 Å². The molecule has 1 saturated heterocycles. The fourth-order valence-corrected chi connectivity index (χ4v) is 1.76. The molecule has 1 heterocycles. The highest BCUT2D eigenvalue weighted by Gasteiger charge is 2.17. The summed E-state index contributed by atoms with van der Waals surface area (Å²) in [7, 11) is 2.13. The lowest BCUT2D eigenvalue weighted by Crippen LogP contribution is -2.44. The molecule has 17 heavy (non-hydrogen) atoms. The van der Waals surface area contributed by atoms with Crippen molar-refractivity contribution >= 4 is 5.97 Å². The molecule has 0 spiro atoms. The number of carbonyl (C=O) groups is 1. The maximum Gasteiger partial charge on any atom is 0.304 e. The van der Waals surface area contributed by atoms with Crippen LogP contribution in [0.15, 0.2) is 0 Å². The summed E-state index contributed by atoms with van der Waals surface area (Å²) in [6.07, 6.45) is 0. The molecule has 0 unspecified atom stereocenters. The summed E-state index contributed by atoms with van der Waals surface area (Å²) in [5.41, 5.74) is -0.682. The minimum absolute atomic E-state index is 0.288. The molecule has 1 aliphatic rings. The van der Waals surface area contributed by atoms with Crippen LogP contribution in [0, 0.1) is 11.8 Å². The SMILES string of the molecule is CC(=O)OC(C)(C)C#CCN1CCN(C)CC1. The lowest BCUT2D eigenvalue weighted by atomic mass is 10.1. The number of hydrogen-bond donors (Lipinski definition) is 0. The average molecular weight is 238 g/mol. The molecule has 0 aromatic carbocycles. The van der Waals surface area contributed by atoms with Crippen LogP contribution in [0.25, 0.3) is 0 Å². The molecule has 1 fully saturated rings. The predicted octanol–water partition coefficient (Wildman–Crippen LogP) is 0.579. The van der Waals surface area contributed by atoms with E-state index < -0.39 is 5.60 Å². The van der Waals surface area contributed by atoms with Gasteiger partial charge in [-0.3, -0.25) is 9.69 Å². The van der Waals surface area contributed by atoms with Crippen molar-refractivity contribution in [3.8, 4) is 11.8 Å². The molecular weight excluding hydrogens is 216 g/mol. The fraction of sp³-hybridized carbons (Fsp3) is 0.769. The normalized spacial score (nSPS) is 18.4. The first-order valence-electron chi connectivity index (χ1n) is 5.99. The lowest BCUT2D eigenvalue weighted by molar-refractivity contribution is -0.148. The van der Waals surface area contributed by atoms with Gasteiger partial charge in [0.25, 0.3) is 0 Å². The molecule has 0 aromatic heterocycles. The summed E-state index contributed by atoms with van der Waals surface area (Å²) >= 11 is 0. The van der Waals surface area contributed by atoms with Gasteiger partial charge in [0.1, 0.15) is 0 Å². The number of piperazine rings is 1. The summed E-state index contributed by atoms with van der Waals surface area (Å²) in [4.78, 5) is 15.5. The molecule has 1 rings (SSSR count). The van der Waals surface area contributed by atoms with E-state index in [9.17, 15) is 4.79 Å². The van der Waals surface area contributed by atoms with Crippen LogP contribution in [0.2, 0.25) is 0 Å². The van der Waals surface area contributed by atoms with Gasteiger partial charge in [-0.15, -0.1) is 0 Å². The van der Waals surface area contributed by atoms with Gasteiger partial charge in [-0.1, -0.05) is 11.8 Å². The van der Waals surface area contributed by atoms with Crippen molar-refractivity contribution in [2.75, 3.05) is 39.8 Å². The van der Waals surface area contributed by atoms with E-state index in [1.165, 1.54) is 6.92 Å². The molecule has 96 valence electrons. The highest BCUT2D eigenvalue weighted by molar-refractivity contribution is 5.66. The van der Waals surface area contributed by atoms with Gasteiger partial charge in [-0.2, -0.15) is 0 Å². The van der Waals surface area contributed by atoms with E-state index >= 15 is 0 Å². The van der Waals surface area contributed by atoms with Crippen LogP contribution in [0.4, 0.5) is 0 Å². The Labute approximate surface area is 104 Å². The minimum Gasteiger partial charge on any atom is -0.447 e. The Kier molecular flexibility index (Phi) is 4.98. The van der Waals surface area contributed by atoms with E-state index in [2.05, 4.69) is 28.7 Å². The highest BCUT2D eigenvalue weighted by Crippen LogP contribution is 2.07. The van der Waals surface area contributed by atoms with Gasteiger partial charge in [0.2, 0.25) is 0 Å². The monoisotopic (exact) mass is 238 g/mol. The molecule has 0 aromatic rings. The van der Waals surface area contributed by atoms with Gasteiger partial charge in [0.05, 0.1) is 6.54 Å². The zero-order chi connectivity index (χ0) is 12.9. The number of likely N-dealkylation sites (N-methyl/N-ethyl adjacent to an activating group) is 1. The Bertz CT molecular complexity index is 320. The number of carbonyl (C=O) groups excluding carboxylic acids is 1. The third-order valence-electron chi connectivity index (χ3n) is 2.69. The van der Waals surface area contributed by atoms with E-state index in [4.69, 9.17) is 4.74 Å². The smallest absolute Gasteiger partial charge is 0.304 e. The Hall–Kier alpha value is -1.05. The van der Waals surface area contributed by atoms with Crippen LogP contribution in [-0.4, -0.2) is 61.1 Å². The quantitative estimate of drug-likeness (QED) is 0.520. The van der Waals surface area contributed by atoms with Crippen molar-refractivity contribution in [3.05, 3.63) is 0 Å². The minimum atomic E-state index is -0.682. The second-order valence-electron chi connectivity index (χ2n) is 4.99. The first-order valence-corrected chi connectivity index (χ1v) is 5.99. The van der Waals surface area contributed by atoms with Gasteiger partial charge in [-0.05, 0) is 20.9 Å². The van der Waals surface area contributed by atoms with Crippen molar-refractivity contribution in [2.24, 2.45) is 0 Å². The molecule has 0 atom stereocenters. The molecule has 4 nitrogen and oxygen atoms in total. The highest BCUT2D eigenvalue weighted by atomic mass is 16.6. The fourth-order valence-electron chi connectivity index (χ4n) is 1.76.